The van der Waals surface area contributed by atoms with Crippen LogP contribution in [0.15, 0.2) is 18.2 Å². The van der Waals surface area contributed by atoms with Gasteiger partial charge in [0.05, 0.1) is 11.3 Å². The summed E-state index contributed by atoms with van der Waals surface area (Å²) in [6.07, 6.45) is 1.90. The van der Waals surface area contributed by atoms with Gasteiger partial charge in [-0.3, -0.25) is 0 Å². The maximum absolute atomic E-state index is 13.5. The fraction of sp³-hybridized carbons (Fsp3) is 0.462. The highest BCUT2D eigenvalue weighted by Gasteiger charge is 2.14. The number of ether oxygens (including phenoxy) is 1. The molecule has 1 aromatic carbocycles. The van der Waals surface area contributed by atoms with Crippen LogP contribution < -0.4 is 5.32 Å². The summed E-state index contributed by atoms with van der Waals surface area (Å²) in [5.74, 6) is -1.03. The highest BCUT2D eigenvalue weighted by Crippen LogP contribution is 2.19. The van der Waals surface area contributed by atoms with Gasteiger partial charge in [-0.1, -0.05) is 0 Å². The lowest BCUT2D eigenvalue weighted by atomic mass is 10.0. The molecule has 4 nitrogen and oxygen atoms in total. The van der Waals surface area contributed by atoms with E-state index in [2.05, 4.69) is 5.32 Å². The second-order valence-corrected chi connectivity index (χ2v) is 4.44. The Morgan fingerprint density at radius 1 is 1.44 bits per heavy atom. The van der Waals surface area contributed by atoms with Crippen LogP contribution in [-0.4, -0.2) is 30.8 Å². The van der Waals surface area contributed by atoms with Crippen molar-refractivity contribution in [2.75, 3.05) is 25.1 Å². The van der Waals surface area contributed by atoms with Crippen molar-refractivity contribution in [3.8, 4) is 0 Å². The smallest absolute Gasteiger partial charge is 0.335 e. The number of rotatable bonds is 4. The molecule has 18 heavy (non-hydrogen) atoms. The Bertz CT molecular complexity index is 430. The van der Waals surface area contributed by atoms with Gasteiger partial charge in [0.1, 0.15) is 5.82 Å². The quantitative estimate of drug-likeness (QED) is 0.864. The molecule has 0 radical (unpaired) electrons. The maximum atomic E-state index is 13.5. The molecule has 1 aromatic rings. The average molecular weight is 253 g/mol. The first-order valence-corrected chi connectivity index (χ1v) is 6.01. The van der Waals surface area contributed by atoms with Gasteiger partial charge in [-0.25, -0.2) is 9.18 Å². The molecule has 5 heteroatoms. The predicted molar refractivity (Wildman–Crippen MR) is 65.4 cm³/mol. The summed E-state index contributed by atoms with van der Waals surface area (Å²) in [5.41, 5.74) is 0.340. The average Bonchev–Trinajstić information content (AvgIpc) is 2.38. The van der Waals surface area contributed by atoms with Crippen LogP contribution in [0.4, 0.5) is 10.1 Å². The first-order valence-electron chi connectivity index (χ1n) is 6.01. The Morgan fingerprint density at radius 2 is 2.17 bits per heavy atom. The van der Waals surface area contributed by atoms with Gasteiger partial charge in [-0.2, -0.15) is 0 Å². The molecule has 0 atom stereocenters. The number of carbonyl (C=O) groups is 1. The monoisotopic (exact) mass is 253 g/mol. The minimum absolute atomic E-state index is 0.0888. The van der Waals surface area contributed by atoms with E-state index in [9.17, 15) is 9.18 Å². The van der Waals surface area contributed by atoms with E-state index >= 15 is 0 Å². The zero-order valence-corrected chi connectivity index (χ0v) is 9.99. The largest absolute Gasteiger partial charge is 0.478 e. The van der Waals surface area contributed by atoms with Gasteiger partial charge >= 0.3 is 5.97 Å². The zero-order valence-electron chi connectivity index (χ0n) is 9.99. The lowest BCUT2D eigenvalue weighted by Crippen LogP contribution is -2.23. The molecule has 0 bridgehead atoms. The van der Waals surface area contributed by atoms with Gasteiger partial charge in [-0.05, 0) is 37.0 Å². The van der Waals surface area contributed by atoms with E-state index in [0.717, 1.165) is 26.1 Å². The summed E-state index contributed by atoms with van der Waals surface area (Å²) in [6.45, 7) is 2.12. The molecular formula is C13H16FNO3. The number of halogens is 1. The van der Waals surface area contributed by atoms with Gasteiger partial charge in [0.15, 0.2) is 0 Å². The number of carboxylic acids is 1. The predicted octanol–water partition coefficient (Wildman–Crippen LogP) is 2.36. The van der Waals surface area contributed by atoms with Crippen molar-refractivity contribution in [2.24, 2.45) is 5.92 Å². The lowest BCUT2D eigenvalue weighted by Gasteiger charge is -2.22. The summed E-state index contributed by atoms with van der Waals surface area (Å²) >= 11 is 0. The molecule has 2 rings (SSSR count). The van der Waals surface area contributed by atoms with Crippen molar-refractivity contribution in [1.29, 1.82) is 0 Å². The second-order valence-electron chi connectivity index (χ2n) is 4.44. The molecule has 0 unspecified atom stereocenters. The second kappa shape index (κ2) is 5.82. The maximum Gasteiger partial charge on any atom is 0.335 e. The van der Waals surface area contributed by atoms with Gasteiger partial charge in [0.25, 0.3) is 0 Å². The van der Waals surface area contributed by atoms with Crippen LogP contribution in [0.3, 0.4) is 0 Å². The van der Waals surface area contributed by atoms with Crippen LogP contribution in [0, 0.1) is 11.7 Å². The molecule has 0 saturated carbocycles. The molecule has 2 N–H and O–H groups in total. The summed E-state index contributed by atoms with van der Waals surface area (Å²) < 4.78 is 18.8. The molecule has 1 aliphatic heterocycles. The standard InChI is InChI=1S/C13H16FNO3/c14-11-2-1-10(13(16)17)7-12(11)15-8-9-3-5-18-6-4-9/h1-2,7,9,15H,3-6,8H2,(H,16,17). The van der Waals surface area contributed by atoms with Crippen LogP contribution in [-0.2, 0) is 4.74 Å². The van der Waals surface area contributed by atoms with E-state index < -0.39 is 11.8 Å². The summed E-state index contributed by atoms with van der Waals surface area (Å²) in [7, 11) is 0. The third kappa shape index (κ3) is 3.20. The minimum Gasteiger partial charge on any atom is -0.478 e. The molecule has 1 fully saturated rings. The van der Waals surface area contributed by atoms with Gasteiger partial charge in [0, 0.05) is 19.8 Å². The van der Waals surface area contributed by atoms with Crippen molar-refractivity contribution in [2.45, 2.75) is 12.8 Å². The molecule has 1 heterocycles. The van der Waals surface area contributed by atoms with Crippen molar-refractivity contribution < 1.29 is 19.0 Å². The molecule has 1 aliphatic rings. The van der Waals surface area contributed by atoms with E-state index in [0.29, 0.717) is 12.5 Å². The molecule has 0 aliphatic carbocycles. The van der Waals surface area contributed by atoms with Crippen molar-refractivity contribution in [3.63, 3.8) is 0 Å². The number of aromatic carboxylic acids is 1. The number of nitrogens with one attached hydrogen (secondary N) is 1. The van der Waals surface area contributed by atoms with E-state index in [1.54, 1.807) is 0 Å². The normalized spacial score (nSPS) is 16.5. The zero-order chi connectivity index (χ0) is 13.0. The first kappa shape index (κ1) is 12.8. The number of hydrogen-bond acceptors (Lipinski definition) is 3. The number of benzene rings is 1. The summed E-state index contributed by atoms with van der Waals surface area (Å²) in [5, 5.41) is 11.8. The Kier molecular flexibility index (Phi) is 4.15. The molecule has 0 amide bonds. The molecule has 98 valence electrons. The van der Waals surface area contributed by atoms with Crippen LogP contribution in [0.5, 0.6) is 0 Å². The third-order valence-electron chi connectivity index (χ3n) is 3.14. The van der Waals surface area contributed by atoms with Crippen molar-refractivity contribution in [3.05, 3.63) is 29.6 Å². The van der Waals surface area contributed by atoms with Gasteiger partial charge in [0.2, 0.25) is 0 Å². The Balaban J connectivity index is 1.99. The van der Waals surface area contributed by atoms with Crippen LogP contribution in [0.25, 0.3) is 0 Å². The lowest BCUT2D eigenvalue weighted by molar-refractivity contribution is 0.0696. The number of anilines is 1. The number of carboxylic acid groups (broad SMARTS) is 1. The summed E-state index contributed by atoms with van der Waals surface area (Å²) in [4.78, 5) is 10.8. The van der Waals surface area contributed by atoms with Gasteiger partial charge < -0.3 is 15.2 Å². The van der Waals surface area contributed by atoms with E-state index in [4.69, 9.17) is 9.84 Å². The molecule has 1 saturated heterocycles. The summed E-state index contributed by atoms with van der Waals surface area (Å²) in [6, 6.07) is 3.77. The highest BCUT2D eigenvalue weighted by molar-refractivity contribution is 5.88. The van der Waals surface area contributed by atoms with Crippen LogP contribution >= 0.6 is 0 Å². The van der Waals surface area contributed by atoms with Crippen molar-refractivity contribution >= 4 is 11.7 Å². The Hall–Kier alpha value is -1.62. The third-order valence-corrected chi connectivity index (χ3v) is 3.14. The molecule has 0 spiro atoms. The fourth-order valence-electron chi connectivity index (χ4n) is 2.00. The SMILES string of the molecule is O=C(O)c1ccc(F)c(NCC2CCOCC2)c1. The minimum atomic E-state index is -1.05. The van der Waals surface area contributed by atoms with E-state index in [1.165, 1.54) is 18.2 Å². The molecule has 0 aromatic heterocycles. The van der Waals surface area contributed by atoms with E-state index in [-0.39, 0.29) is 11.3 Å². The molecular weight excluding hydrogens is 237 g/mol. The van der Waals surface area contributed by atoms with Crippen LogP contribution in [0.2, 0.25) is 0 Å². The topological polar surface area (TPSA) is 58.6 Å². The Labute approximate surface area is 105 Å². The fourth-order valence-corrected chi connectivity index (χ4v) is 2.00. The highest BCUT2D eigenvalue weighted by atomic mass is 19.1. The van der Waals surface area contributed by atoms with E-state index in [1.807, 2.05) is 0 Å². The van der Waals surface area contributed by atoms with Crippen LogP contribution in [0.1, 0.15) is 23.2 Å². The van der Waals surface area contributed by atoms with Crippen molar-refractivity contribution in [1.82, 2.24) is 0 Å². The Morgan fingerprint density at radius 3 is 2.83 bits per heavy atom. The number of hydrogen-bond donors (Lipinski definition) is 2. The van der Waals surface area contributed by atoms with Gasteiger partial charge in [-0.15, -0.1) is 0 Å². The first-order chi connectivity index (χ1) is 8.66.